The average Bonchev–Trinajstić information content (AvgIpc) is 2.43. The van der Waals surface area contributed by atoms with Crippen molar-refractivity contribution in [2.45, 2.75) is 71.6 Å². The Labute approximate surface area is 129 Å². The number of amides is 1. The SMILES string of the molecule is CCCCCCCCC(=O)N1CCC(C)(C(N)=S)CC1. The van der Waals surface area contributed by atoms with E-state index in [1.54, 1.807) is 0 Å². The minimum absolute atomic E-state index is 0.0493. The Kier molecular flexibility index (Phi) is 7.49. The van der Waals surface area contributed by atoms with Crippen molar-refractivity contribution in [2.24, 2.45) is 11.1 Å². The molecule has 0 aromatic carbocycles. The predicted molar refractivity (Wildman–Crippen MR) is 88.7 cm³/mol. The highest BCUT2D eigenvalue weighted by molar-refractivity contribution is 7.80. The molecule has 0 saturated carbocycles. The zero-order valence-electron chi connectivity index (χ0n) is 13.1. The number of nitrogens with two attached hydrogens (primary N) is 1. The maximum Gasteiger partial charge on any atom is 0.222 e. The number of likely N-dealkylation sites (tertiary alicyclic amines) is 1. The van der Waals surface area contributed by atoms with Gasteiger partial charge in [-0.2, -0.15) is 0 Å². The summed E-state index contributed by atoms with van der Waals surface area (Å²) in [6.07, 6.45) is 9.90. The summed E-state index contributed by atoms with van der Waals surface area (Å²) in [5.74, 6) is 0.311. The minimum atomic E-state index is -0.0493. The Morgan fingerprint density at radius 2 is 1.70 bits per heavy atom. The molecule has 116 valence electrons. The van der Waals surface area contributed by atoms with Crippen LogP contribution >= 0.6 is 12.2 Å². The summed E-state index contributed by atoms with van der Waals surface area (Å²) in [6.45, 7) is 5.95. The van der Waals surface area contributed by atoms with Crippen LogP contribution in [0, 0.1) is 5.41 Å². The summed E-state index contributed by atoms with van der Waals surface area (Å²) in [5.41, 5.74) is 5.74. The Bertz CT molecular complexity index is 322. The zero-order chi connectivity index (χ0) is 15.0. The van der Waals surface area contributed by atoms with E-state index in [2.05, 4.69) is 13.8 Å². The van der Waals surface area contributed by atoms with E-state index >= 15 is 0 Å². The van der Waals surface area contributed by atoms with Crippen LogP contribution in [0.4, 0.5) is 0 Å². The third-order valence-electron chi connectivity index (χ3n) is 4.56. The lowest BCUT2D eigenvalue weighted by Crippen LogP contribution is -2.46. The largest absolute Gasteiger partial charge is 0.393 e. The molecule has 20 heavy (non-hydrogen) atoms. The molecule has 0 unspecified atom stereocenters. The van der Waals surface area contributed by atoms with Gasteiger partial charge in [0.2, 0.25) is 5.91 Å². The molecular weight excluding hydrogens is 268 g/mol. The molecule has 0 aliphatic carbocycles. The molecule has 1 heterocycles. The van der Waals surface area contributed by atoms with Crippen molar-refractivity contribution in [3.63, 3.8) is 0 Å². The van der Waals surface area contributed by atoms with Gasteiger partial charge in [0, 0.05) is 24.9 Å². The summed E-state index contributed by atoms with van der Waals surface area (Å²) in [5, 5.41) is 0. The molecular formula is C16H30N2OS. The Morgan fingerprint density at radius 1 is 1.15 bits per heavy atom. The number of unbranched alkanes of at least 4 members (excludes halogenated alkanes) is 5. The third kappa shape index (κ3) is 5.39. The first-order chi connectivity index (χ1) is 9.49. The van der Waals surface area contributed by atoms with Crippen molar-refractivity contribution in [1.29, 1.82) is 0 Å². The molecule has 0 aromatic rings. The number of carbonyl (C=O) groups is 1. The topological polar surface area (TPSA) is 46.3 Å². The molecule has 1 saturated heterocycles. The molecule has 0 aromatic heterocycles. The summed E-state index contributed by atoms with van der Waals surface area (Å²) in [6, 6.07) is 0. The van der Waals surface area contributed by atoms with Crippen molar-refractivity contribution < 1.29 is 4.79 Å². The second kappa shape index (κ2) is 8.60. The summed E-state index contributed by atoms with van der Waals surface area (Å²) < 4.78 is 0. The Morgan fingerprint density at radius 3 is 2.25 bits per heavy atom. The summed E-state index contributed by atoms with van der Waals surface area (Å²) >= 11 is 5.13. The maximum absolute atomic E-state index is 12.1. The van der Waals surface area contributed by atoms with E-state index in [0.29, 0.717) is 17.3 Å². The molecule has 0 spiro atoms. The maximum atomic E-state index is 12.1. The molecule has 3 nitrogen and oxygen atoms in total. The van der Waals surface area contributed by atoms with Gasteiger partial charge in [-0.15, -0.1) is 0 Å². The van der Waals surface area contributed by atoms with Gasteiger partial charge in [-0.3, -0.25) is 4.79 Å². The van der Waals surface area contributed by atoms with Gasteiger partial charge in [-0.1, -0.05) is 58.2 Å². The highest BCUT2D eigenvalue weighted by atomic mass is 32.1. The smallest absolute Gasteiger partial charge is 0.222 e. The molecule has 1 aliphatic heterocycles. The number of piperidine rings is 1. The van der Waals surface area contributed by atoms with Gasteiger partial charge in [-0.05, 0) is 19.3 Å². The number of nitrogens with zero attached hydrogens (tertiary/aromatic N) is 1. The lowest BCUT2D eigenvalue weighted by molar-refractivity contribution is -0.133. The lowest BCUT2D eigenvalue weighted by Gasteiger charge is -2.38. The third-order valence-corrected chi connectivity index (χ3v) is 5.05. The Hall–Kier alpha value is -0.640. The highest BCUT2D eigenvalue weighted by Crippen LogP contribution is 2.31. The fraction of sp³-hybridized carbons (Fsp3) is 0.875. The van der Waals surface area contributed by atoms with E-state index in [1.165, 1.54) is 32.1 Å². The molecule has 4 heteroatoms. The van der Waals surface area contributed by atoms with Crippen molar-refractivity contribution in [3.8, 4) is 0 Å². The molecule has 0 radical (unpaired) electrons. The van der Waals surface area contributed by atoms with Gasteiger partial charge in [0.1, 0.15) is 0 Å². The van der Waals surface area contributed by atoms with Gasteiger partial charge in [0.15, 0.2) is 0 Å². The number of carbonyl (C=O) groups excluding carboxylic acids is 1. The van der Waals surface area contributed by atoms with Crippen LogP contribution in [0.5, 0.6) is 0 Å². The normalized spacial score (nSPS) is 18.0. The van der Waals surface area contributed by atoms with Gasteiger partial charge in [0.05, 0.1) is 4.99 Å². The molecule has 0 bridgehead atoms. The van der Waals surface area contributed by atoms with Crippen molar-refractivity contribution in [2.75, 3.05) is 13.1 Å². The monoisotopic (exact) mass is 298 g/mol. The first kappa shape index (κ1) is 17.4. The standard InChI is InChI=1S/C16H30N2OS/c1-3-4-5-6-7-8-9-14(19)18-12-10-16(2,11-13-18)15(17)20/h3-13H2,1-2H3,(H2,17,20). The van der Waals surface area contributed by atoms with Crippen molar-refractivity contribution in [3.05, 3.63) is 0 Å². The van der Waals surface area contributed by atoms with Gasteiger partial charge < -0.3 is 10.6 Å². The van der Waals surface area contributed by atoms with Crippen LogP contribution in [0.25, 0.3) is 0 Å². The number of hydrogen-bond donors (Lipinski definition) is 1. The van der Waals surface area contributed by atoms with Crippen LogP contribution in [-0.4, -0.2) is 28.9 Å². The molecule has 1 rings (SSSR count). The van der Waals surface area contributed by atoms with Crippen LogP contribution in [0.1, 0.15) is 71.6 Å². The fourth-order valence-electron chi connectivity index (χ4n) is 2.71. The average molecular weight is 298 g/mol. The first-order valence-electron chi connectivity index (χ1n) is 8.07. The summed E-state index contributed by atoms with van der Waals surface area (Å²) in [4.78, 5) is 14.7. The molecule has 1 fully saturated rings. The van der Waals surface area contributed by atoms with Gasteiger partial charge in [-0.25, -0.2) is 0 Å². The lowest BCUT2D eigenvalue weighted by atomic mass is 9.80. The van der Waals surface area contributed by atoms with Crippen molar-refractivity contribution in [1.82, 2.24) is 4.90 Å². The fourth-order valence-corrected chi connectivity index (χ4v) is 2.91. The van der Waals surface area contributed by atoms with Crippen LogP contribution in [-0.2, 0) is 4.79 Å². The van der Waals surface area contributed by atoms with Gasteiger partial charge in [0.25, 0.3) is 0 Å². The number of hydrogen-bond acceptors (Lipinski definition) is 2. The van der Waals surface area contributed by atoms with E-state index in [0.717, 1.165) is 32.4 Å². The number of thiocarbonyl (C=S) groups is 1. The van der Waals surface area contributed by atoms with E-state index in [1.807, 2.05) is 4.90 Å². The van der Waals surface area contributed by atoms with E-state index < -0.39 is 0 Å². The van der Waals surface area contributed by atoms with Crippen LogP contribution in [0.3, 0.4) is 0 Å². The second-order valence-electron chi connectivity index (χ2n) is 6.32. The highest BCUT2D eigenvalue weighted by Gasteiger charge is 2.33. The van der Waals surface area contributed by atoms with Crippen molar-refractivity contribution >= 4 is 23.1 Å². The Balaban J connectivity index is 2.18. The zero-order valence-corrected chi connectivity index (χ0v) is 13.9. The molecule has 1 aliphatic rings. The van der Waals surface area contributed by atoms with E-state index in [9.17, 15) is 4.79 Å². The van der Waals surface area contributed by atoms with E-state index in [-0.39, 0.29) is 5.41 Å². The molecule has 1 amide bonds. The second-order valence-corrected chi connectivity index (χ2v) is 6.76. The summed E-state index contributed by atoms with van der Waals surface area (Å²) in [7, 11) is 0. The first-order valence-corrected chi connectivity index (χ1v) is 8.48. The van der Waals surface area contributed by atoms with Crippen LogP contribution < -0.4 is 5.73 Å². The predicted octanol–water partition coefficient (Wildman–Crippen LogP) is 3.65. The van der Waals surface area contributed by atoms with Gasteiger partial charge >= 0.3 is 0 Å². The minimum Gasteiger partial charge on any atom is -0.393 e. The molecule has 2 N–H and O–H groups in total. The van der Waals surface area contributed by atoms with Crippen LogP contribution in [0.15, 0.2) is 0 Å². The quantitative estimate of drug-likeness (QED) is 0.549. The number of rotatable bonds is 8. The van der Waals surface area contributed by atoms with E-state index in [4.69, 9.17) is 18.0 Å². The van der Waals surface area contributed by atoms with Crippen LogP contribution in [0.2, 0.25) is 0 Å². The molecule has 0 atom stereocenters.